The molecule has 2 fully saturated rings. The zero-order valence-electron chi connectivity index (χ0n) is 12.7. The Balaban J connectivity index is 1.56. The Kier molecular flexibility index (Phi) is 4.05. The average molecular weight is 303 g/mol. The minimum absolute atomic E-state index is 0.0245. The molecule has 2 atom stereocenters. The number of nitrogens with zero attached hydrogens (tertiary/aromatic N) is 1. The van der Waals surface area contributed by atoms with E-state index in [2.05, 4.69) is 12.1 Å². The molecule has 0 aromatic heterocycles. The van der Waals surface area contributed by atoms with E-state index >= 15 is 0 Å². The highest BCUT2D eigenvalue weighted by Gasteiger charge is 2.50. The molecule has 1 heterocycles. The highest BCUT2D eigenvalue weighted by Crippen LogP contribution is 2.41. The molecule has 1 aliphatic carbocycles. The molecule has 22 heavy (non-hydrogen) atoms. The number of piperidine rings is 1. The summed E-state index contributed by atoms with van der Waals surface area (Å²) < 4.78 is 5.26. The first kappa shape index (κ1) is 14.9. The molecule has 5 nitrogen and oxygen atoms in total. The Morgan fingerprint density at radius 2 is 1.95 bits per heavy atom. The molecule has 1 N–H and O–H groups in total. The van der Waals surface area contributed by atoms with Crippen molar-refractivity contribution in [1.82, 2.24) is 4.90 Å². The van der Waals surface area contributed by atoms with Crippen molar-refractivity contribution in [1.29, 1.82) is 0 Å². The van der Waals surface area contributed by atoms with Gasteiger partial charge in [-0.25, -0.2) is 0 Å². The Morgan fingerprint density at radius 1 is 1.23 bits per heavy atom. The molecule has 0 unspecified atom stereocenters. The molecule has 1 saturated heterocycles. The number of likely N-dealkylation sites (tertiary alicyclic amines) is 1. The van der Waals surface area contributed by atoms with Crippen LogP contribution >= 0.6 is 0 Å². The molecule has 1 aromatic rings. The predicted molar refractivity (Wildman–Crippen MR) is 80.8 cm³/mol. The van der Waals surface area contributed by atoms with Crippen LogP contribution in [0.5, 0.6) is 5.75 Å². The predicted octanol–water partition coefficient (Wildman–Crippen LogP) is 2.12. The molecule has 0 radical (unpaired) electrons. The number of amides is 1. The van der Waals surface area contributed by atoms with Crippen LogP contribution in [0.1, 0.15) is 30.7 Å². The van der Waals surface area contributed by atoms with Gasteiger partial charge in [0, 0.05) is 13.1 Å². The molecule has 0 spiro atoms. The van der Waals surface area contributed by atoms with Crippen molar-refractivity contribution in [2.45, 2.75) is 25.2 Å². The monoisotopic (exact) mass is 303 g/mol. The van der Waals surface area contributed by atoms with Crippen LogP contribution in [0.2, 0.25) is 0 Å². The van der Waals surface area contributed by atoms with Gasteiger partial charge in [-0.2, -0.15) is 0 Å². The maximum atomic E-state index is 12.3. The largest absolute Gasteiger partial charge is 0.497 e. The van der Waals surface area contributed by atoms with E-state index in [9.17, 15) is 9.59 Å². The molecule has 1 aromatic carbocycles. The first-order chi connectivity index (χ1) is 10.6. The zero-order chi connectivity index (χ0) is 15.7. The summed E-state index contributed by atoms with van der Waals surface area (Å²) in [5, 5.41) is 8.93. The lowest BCUT2D eigenvalue weighted by atomic mass is 9.89. The number of ether oxygens (including phenoxy) is 1. The van der Waals surface area contributed by atoms with E-state index in [0.29, 0.717) is 25.4 Å². The fourth-order valence-corrected chi connectivity index (χ4v) is 3.30. The van der Waals surface area contributed by atoms with Gasteiger partial charge in [0.05, 0.1) is 18.9 Å². The van der Waals surface area contributed by atoms with E-state index in [-0.39, 0.29) is 11.8 Å². The molecule has 0 bridgehead atoms. The summed E-state index contributed by atoms with van der Waals surface area (Å²) in [6.07, 6.45) is 2.34. The maximum absolute atomic E-state index is 12.3. The van der Waals surface area contributed by atoms with Crippen LogP contribution in [0.3, 0.4) is 0 Å². The van der Waals surface area contributed by atoms with Crippen LogP contribution in [0.25, 0.3) is 0 Å². The SMILES string of the molecule is COc1cccc(C2CCN(C(=O)[C@@H]3C[C@H]3C(=O)O)CC2)c1. The third kappa shape index (κ3) is 2.93. The second-order valence-corrected chi connectivity index (χ2v) is 6.16. The number of benzene rings is 1. The third-order valence-electron chi connectivity index (χ3n) is 4.80. The Bertz CT molecular complexity index is 578. The molecule has 1 saturated carbocycles. The van der Waals surface area contributed by atoms with Gasteiger partial charge in [-0.1, -0.05) is 12.1 Å². The van der Waals surface area contributed by atoms with E-state index in [1.54, 1.807) is 7.11 Å². The summed E-state index contributed by atoms with van der Waals surface area (Å²) in [4.78, 5) is 25.0. The van der Waals surface area contributed by atoms with E-state index in [4.69, 9.17) is 9.84 Å². The molecule has 3 rings (SSSR count). The average Bonchev–Trinajstić information content (AvgIpc) is 3.35. The number of carboxylic acids is 1. The number of hydrogen-bond donors (Lipinski definition) is 1. The summed E-state index contributed by atoms with van der Waals surface area (Å²) in [6.45, 7) is 1.42. The maximum Gasteiger partial charge on any atom is 0.307 e. The van der Waals surface area contributed by atoms with Gasteiger partial charge < -0.3 is 14.7 Å². The molecule has 1 aliphatic heterocycles. The minimum atomic E-state index is -0.843. The number of methoxy groups -OCH3 is 1. The van der Waals surface area contributed by atoms with Crippen molar-refractivity contribution >= 4 is 11.9 Å². The van der Waals surface area contributed by atoms with Crippen molar-refractivity contribution < 1.29 is 19.4 Å². The second-order valence-electron chi connectivity index (χ2n) is 6.16. The van der Waals surface area contributed by atoms with Crippen LogP contribution in [0.4, 0.5) is 0 Å². The second kappa shape index (κ2) is 5.99. The number of carbonyl (C=O) groups excluding carboxylic acids is 1. The van der Waals surface area contributed by atoms with Crippen molar-refractivity contribution in [3.8, 4) is 5.75 Å². The number of aliphatic carboxylic acids is 1. The zero-order valence-corrected chi connectivity index (χ0v) is 12.7. The van der Waals surface area contributed by atoms with E-state index in [1.807, 2.05) is 17.0 Å². The topological polar surface area (TPSA) is 66.8 Å². The van der Waals surface area contributed by atoms with Gasteiger partial charge in [0.25, 0.3) is 0 Å². The first-order valence-electron chi connectivity index (χ1n) is 7.75. The van der Waals surface area contributed by atoms with E-state index in [1.165, 1.54) is 5.56 Å². The van der Waals surface area contributed by atoms with Crippen molar-refractivity contribution in [3.63, 3.8) is 0 Å². The van der Waals surface area contributed by atoms with E-state index in [0.717, 1.165) is 18.6 Å². The van der Waals surface area contributed by atoms with Crippen LogP contribution in [0.15, 0.2) is 24.3 Å². The molecule has 2 aliphatic rings. The molecule has 1 amide bonds. The lowest BCUT2D eigenvalue weighted by Gasteiger charge is -2.32. The fourth-order valence-electron chi connectivity index (χ4n) is 3.30. The van der Waals surface area contributed by atoms with Gasteiger partial charge >= 0.3 is 5.97 Å². The summed E-state index contributed by atoms with van der Waals surface area (Å²) in [5.74, 6) is -0.262. The van der Waals surface area contributed by atoms with Crippen LogP contribution in [0, 0.1) is 11.8 Å². The summed E-state index contributed by atoms with van der Waals surface area (Å²) >= 11 is 0. The summed E-state index contributed by atoms with van der Waals surface area (Å²) in [7, 11) is 1.66. The van der Waals surface area contributed by atoms with Gasteiger partial charge in [-0.05, 0) is 42.9 Å². The Hall–Kier alpha value is -2.04. The summed E-state index contributed by atoms with van der Waals surface area (Å²) in [6, 6.07) is 8.09. The van der Waals surface area contributed by atoms with E-state index < -0.39 is 11.9 Å². The molecular formula is C17H21NO4. The lowest BCUT2D eigenvalue weighted by molar-refractivity contribution is -0.142. The van der Waals surface area contributed by atoms with Crippen molar-refractivity contribution in [2.75, 3.05) is 20.2 Å². The molecule has 118 valence electrons. The highest BCUT2D eigenvalue weighted by molar-refractivity contribution is 5.89. The standard InChI is InChI=1S/C17H21NO4/c1-22-13-4-2-3-12(9-13)11-5-7-18(8-6-11)16(19)14-10-15(14)17(20)21/h2-4,9,11,14-15H,5-8,10H2,1H3,(H,20,21)/t14-,15-/m1/s1. The third-order valence-corrected chi connectivity index (χ3v) is 4.80. The fraction of sp³-hybridized carbons (Fsp3) is 0.529. The van der Waals surface area contributed by atoms with Gasteiger partial charge in [0.2, 0.25) is 5.91 Å². The number of carboxylic acid groups (broad SMARTS) is 1. The van der Waals surface area contributed by atoms with Gasteiger partial charge in [-0.3, -0.25) is 9.59 Å². The lowest BCUT2D eigenvalue weighted by Crippen LogP contribution is -2.39. The van der Waals surface area contributed by atoms with Crippen molar-refractivity contribution in [2.24, 2.45) is 11.8 Å². The number of hydrogen-bond acceptors (Lipinski definition) is 3. The van der Waals surface area contributed by atoms with Gasteiger partial charge in [-0.15, -0.1) is 0 Å². The Labute approximate surface area is 129 Å². The smallest absolute Gasteiger partial charge is 0.307 e. The number of carbonyl (C=O) groups is 2. The van der Waals surface area contributed by atoms with Crippen LogP contribution in [-0.2, 0) is 9.59 Å². The molecular weight excluding hydrogens is 282 g/mol. The Morgan fingerprint density at radius 3 is 2.55 bits per heavy atom. The van der Waals surface area contributed by atoms with Gasteiger partial charge in [0.15, 0.2) is 0 Å². The number of rotatable bonds is 4. The molecule has 5 heteroatoms. The van der Waals surface area contributed by atoms with Gasteiger partial charge in [0.1, 0.15) is 5.75 Å². The normalized spacial score (nSPS) is 24.9. The van der Waals surface area contributed by atoms with Crippen molar-refractivity contribution in [3.05, 3.63) is 29.8 Å². The van der Waals surface area contributed by atoms with Crippen LogP contribution < -0.4 is 4.74 Å². The quantitative estimate of drug-likeness (QED) is 0.925. The summed E-state index contributed by atoms with van der Waals surface area (Å²) in [5.41, 5.74) is 1.25. The highest BCUT2D eigenvalue weighted by atomic mass is 16.5. The first-order valence-corrected chi connectivity index (χ1v) is 7.75. The van der Waals surface area contributed by atoms with Crippen LogP contribution in [-0.4, -0.2) is 42.1 Å². The minimum Gasteiger partial charge on any atom is -0.497 e.